The highest BCUT2D eigenvalue weighted by atomic mass is 35.5. The van der Waals surface area contributed by atoms with Gasteiger partial charge in [0.2, 0.25) is 0 Å². The number of ether oxygens (including phenoxy) is 1. The molecule has 0 radical (unpaired) electrons. The first-order valence-electron chi connectivity index (χ1n) is 7.96. The van der Waals surface area contributed by atoms with Gasteiger partial charge in [0.1, 0.15) is 0 Å². The Balaban J connectivity index is 2.38. The molecule has 8 heteroatoms. The summed E-state index contributed by atoms with van der Waals surface area (Å²) in [6.07, 6.45) is 0.667. The quantitative estimate of drug-likeness (QED) is 0.285. The molecule has 138 valence electrons. The third-order valence-corrected chi connectivity index (χ3v) is 6.34. The van der Waals surface area contributed by atoms with Crippen LogP contribution in [0.25, 0.3) is 0 Å². The maximum Gasteiger partial charge on any atom is 0.345 e. The zero-order valence-corrected chi connectivity index (χ0v) is 16.8. The van der Waals surface area contributed by atoms with E-state index in [1.54, 1.807) is 23.4 Å². The summed E-state index contributed by atoms with van der Waals surface area (Å²) in [7, 11) is 0.378. The second-order valence-electron chi connectivity index (χ2n) is 5.39. The molecule has 0 aliphatic carbocycles. The Morgan fingerprint density at radius 2 is 1.67 bits per heavy atom. The molecule has 0 spiro atoms. The van der Waals surface area contributed by atoms with Crippen LogP contribution in [0, 0.1) is 0 Å². The number of hydrogen-bond donors (Lipinski definition) is 0. The Kier molecular flexibility index (Phi) is 11.2. The van der Waals surface area contributed by atoms with E-state index in [1.165, 1.54) is 0 Å². The second kappa shape index (κ2) is 12.3. The molecule has 1 unspecified atom stereocenters. The SMILES string of the molecule is CN(C)P(=O)(OCCCOCc1ccccc1)N(CCCl)CCCl. The first kappa shape index (κ1) is 21.9. The number of alkyl halides is 2. The van der Waals surface area contributed by atoms with E-state index >= 15 is 0 Å². The van der Waals surface area contributed by atoms with Gasteiger partial charge in [0.05, 0.1) is 13.2 Å². The standard InChI is InChI=1S/C16H27Cl2N2O3P/c1-19(2)24(21,20(11-9-17)12-10-18)23-14-6-13-22-15-16-7-4-3-5-8-16/h3-5,7-8H,6,9-15H2,1-2H3. The zero-order valence-electron chi connectivity index (χ0n) is 14.4. The summed E-state index contributed by atoms with van der Waals surface area (Å²) in [4.78, 5) is 0. The predicted octanol–water partition coefficient (Wildman–Crippen LogP) is 4.06. The molecule has 0 aliphatic rings. The van der Waals surface area contributed by atoms with Crippen molar-refractivity contribution in [2.75, 3.05) is 52.2 Å². The van der Waals surface area contributed by atoms with E-state index in [0.29, 0.717) is 51.1 Å². The monoisotopic (exact) mass is 396 g/mol. The van der Waals surface area contributed by atoms with Crippen LogP contribution in [0.15, 0.2) is 30.3 Å². The van der Waals surface area contributed by atoms with Crippen molar-refractivity contribution in [1.82, 2.24) is 9.34 Å². The van der Waals surface area contributed by atoms with Gasteiger partial charge in [0.25, 0.3) is 0 Å². The van der Waals surface area contributed by atoms with Gasteiger partial charge < -0.3 is 9.26 Å². The largest absolute Gasteiger partial charge is 0.377 e. The molecule has 0 aromatic heterocycles. The van der Waals surface area contributed by atoms with Crippen molar-refractivity contribution in [2.45, 2.75) is 13.0 Å². The minimum Gasteiger partial charge on any atom is -0.377 e. The fraction of sp³-hybridized carbons (Fsp3) is 0.625. The van der Waals surface area contributed by atoms with E-state index in [0.717, 1.165) is 5.56 Å². The van der Waals surface area contributed by atoms with E-state index < -0.39 is 7.67 Å². The summed E-state index contributed by atoms with van der Waals surface area (Å²) in [5.74, 6) is 0.747. The fourth-order valence-electron chi connectivity index (χ4n) is 2.12. The minimum absolute atomic E-state index is 0.352. The van der Waals surface area contributed by atoms with Crippen LogP contribution >= 0.6 is 30.9 Å². The topological polar surface area (TPSA) is 42.0 Å². The zero-order chi connectivity index (χ0) is 17.8. The molecule has 1 aromatic carbocycles. The van der Waals surface area contributed by atoms with Crippen LogP contribution in [0.3, 0.4) is 0 Å². The van der Waals surface area contributed by atoms with E-state index in [-0.39, 0.29) is 0 Å². The number of benzene rings is 1. The molecule has 0 bridgehead atoms. The van der Waals surface area contributed by atoms with Gasteiger partial charge in [0, 0.05) is 31.5 Å². The van der Waals surface area contributed by atoms with Crippen molar-refractivity contribution in [3.05, 3.63) is 35.9 Å². The third kappa shape index (κ3) is 7.40. The van der Waals surface area contributed by atoms with Crippen molar-refractivity contribution in [1.29, 1.82) is 0 Å². The van der Waals surface area contributed by atoms with Crippen LogP contribution in [-0.4, -0.2) is 61.5 Å². The Morgan fingerprint density at radius 1 is 1.04 bits per heavy atom. The number of hydrogen-bond acceptors (Lipinski definition) is 3. The molecular formula is C16H27Cl2N2O3P. The van der Waals surface area contributed by atoms with Crippen molar-refractivity contribution >= 4 is 30.9 Å². The molecular weight excluding hydrogens is 370 g/mol. The molecule has 0 amide bonds. The van der Waals surface area contributed by atoms with Gasteiger partial charge in [-0.25, -0.2) is 9.34 Å². The van der Waals surface area contributed by atoms with Crippen molar-refractivity contribution in [3.8, 4) is 0 Å². The minimum atomic E-state index is -3.10. The summed E-state index contributed by atoms with van der Waals surface area (Å²) < 4.78 is 27.8. The highest BCUT2D eigenvalue weighted by Crippen LogP contribution is 2.52. The Morgan fingerprint density at radius 3 is 2.21 bits per heavy atom. The highest BCUT2D eigenvalue weighted by Gasteiger charge is 2.33. The lowest BCUT2D eigenvalue weighted by molar-refractivity contribution is 0.104. The first-order chi connectivity index (χ1) is 11.5. The summed E-state index contributed by atoms with van der Waals surface area (Å²) >= 11 is 11.6. The van der Waals surface area contributed by atoms with Crippen molar-refractivity contribution < 1.29 is 13.8 Å². The Bertz CT molecular complexity index is 485. The predicted molar refractivity (Wildman–Crippen MR) is 101 cm³/mol. The van der Waals surface area contributed by atoms with Gasteiger partial charge in [-0.05, 0) is 26.1 Å². The van der Waals surface area contributed by atoms with E-state index in [4.69, 9.17) is 32.5 Å². The Hall–Kier alpha value is -0.130. The van der Waals surface area contributed by atoms with Gasteiger partial charge in [-0.15, -0.1) is 23.2 Å². The summed E-state index contributed by atoms with van der Waals surface area (Å²) in [6.45, 7) is 2.40. The molecule has 1 aromatic rings. The number of nitrogens with zero attached hydrogens (tertiary/aromatic N) is 2. The van der Waals surface area contributed by atoms with Gasteiger partial charge in [-0.2, -0.15) is 0 Å². The smallest absolute Gasteiger partial charge is 0.345 e. The lowest BCUT2D eigenvalue weighted by Crippen LogP contribution is -2.32. The summed E-state index contributed by atoms with van der Waals surface area (Å²) in [6, 6.07) is 9.98. The van der Waals surface area contributed by atoms with Crippen molar-refractivity contribution in [3.63, 3.8) is 0 Å². The molecule has 5 nitrogen and oxygen atoms in total. The molecule has 0 heterocycles. The molecule has 0 fully saturated rings. The first-order valence-corrected chi connectivity index (χ1v) is 10.6. The van der Waals surface area contributed by atoms with Crippen LogP contribution in [0.5, 0.6) is 0 Å². The van der Waals surface area contributed by atoms with Gasteiger partial charge in [-0.1, -0.05) is 30.3 Å². The summed E-state index contributed by atoms with van der Waals surface area (Å²) in [5, 5.41) is 0. The van der Waals surface area contributed by atoms with Gasteiger partial charge in [-0.3, -0.25) is 4.57 Å². The molecule has 0 saturated heterocycles. The normalized spacial score (nSPS) is 14.2. The van der Waals surface area contributed by atoms with E-state index in [2.05, 4.69) is 0 Å². The lowest BCUT2D eigenvalue weighted by atomic mass is 10.2. The second-order valence-corrected chi connectivity index (χ2v) is 8.76. The fourth-order valence-corrected chi connectivity index (χ4v) is 4.73. The van der Waals surface area contributed by atoms with Gasteiger partial charge in [0.15, 0.2) is 0 Å². The maximum atomic E-state index is 13.1. The van der Waals surface area contributed by atoms with Crippen molar-refractivity contribution in [2.24, 2.45) is 0 Å². The average Bonchev–Trinajstić information content (AvgIpc) is 2.58. The van der Waals surface area contributed by atoms with Crippen LogP contribution < -0.4 is 0 Å². The van der Waals surface area contributed by atoms with Crippen LogP contribution in [0.1, 0.15) is 12.0 Å². The summed E-state index contributed by atoms with van der Waals surface area (Å²) in [5.41, 5.74) is 1.13. The van der Waals surface area contributed by atoms with Crippen LogP contribution in [-0.2, 0) is 20.4 Å². The average molecular weight is 397 g/mol. The number of halogens is 2. The van der Waals surface area contributed by atoms with E-state index in [1.807, 2.05) is 30.3 Å². The lowest BCUT2D eigenvalue weighted by Gasteiger charge is -2.34. The molecule has 0 aliphatic heterocycles. The molecule has 24 heavy (non-hydrogen) atoms. The molecule has 1 rings (SSSR count). The van der Waals surface area contributed by atoms with Crippen LogP contribution in [0.2, 0.25) is 0 Å². The molecule has 1 atom stereocenters. The van der Waals surface area contributed by atoms with E-state index in [9.17, 15) is 4.57 Å². The Labute approximate surface area is 155 Å². The highest BCUT2D eigenvalue weighted by molar-refractivity contribution is 7.53. The molecule has 0 N–H and O–H groups in total. The number of rotatable bonds is 13. The van der Waals surface area contributed by atoms with Gasteiger partial charge >= 0.3 is 7.67 Å². The third-order valence-electron chi connectivity index (χ3n) is 3.35. The molecule has 0 saturated carbocycles. The van der Waals surface area contributed by atoms with Crippen LogP contribution in [0.4, 0.5) is 0 Å². The maximum absolute atomic E-state index is 13.1.